The standard InChI is InChI=1S/C18H29FN2/c1-13(2)15-7-6-11-21(12-10-15)18(14(3)20)16-8-4-5-9-17(16)19/h4-5,8-9,13-15,18H,6-7,10-12,20H2,1-3H3. The van der Waals surface area contributed by atoms with Crippen molar-refractivity contribution in [3.63, 3.8) is 0 Å². The molecule has 1 aromatic carbocycles. The van der Waals surface area contributed by atoms with E-state index in [1.165, 1.54) is 19.3 Å². The van der Waals surface area contributed by atoms with Crippen LogP contribution in [0.15, 0.2) is 24.3 Å². The van der Waals surface area contributed by atoms with E-state index in [-0.39, 0.29) is 17.9 Å². The normalized spacial score (nSPS) is 23.8. The molecule has 0 aromatic heterocycles. The van der Waals surface area contributed by atoms with Crippen molar-refractivity contribution < 1.29 is 4.39 Å². The number of likely N-dealkylation sites (tertiary alicyclic amines) is 1. The maximum Gasteiger partial charge on any atom is 0.128 e. The molecule has 1 aliphatic rings. The van der Waals surface area contributed by atoms with Gasteiger partial charge in [0.05, 0.1) is 6.04 Å². The van der Waals surface area contributed by atoms with Gasteiger partial charge in [0.1, 0.15) is 5.82 Å². The van der Waals surface area contributed by atoms with E-state index in [9.17, 15) is 4.39 Å². The van der Waals surface area contributed by atoms with Gasteiger partial charge in [-0.1, -0.05) is 32.0 Å². The molecule has 0 aliphatic carbocycles. The van der Waals surface area contributed by atoms with E-state index >= 15 is 0 Å². The molecule has 21 heavy (non-hydrogen) atoms. The van der Waals surface area contributed by atoms with Gasteiger partial charge in [-0.25, -0.2) is 4.39 Å². The molecule has 1 aromatic rings. The maximum atomic E-state index is 14.2. The van der Waals surface area contributed by atoms with E-state index in [1.54, 1.807) is 12.1 Å². The highest BCUT2D eigenvalue weighted by Gasteiger charge is 2.29. The Bertz CT molecular complexity index is 445. The number of nitrogens with zero attached hydrogens (tertiary/aromatic N) is 1. The van der Waals surface area contributed by atoms with E-state index in [0.717, 1.165) is 30.5 Å². The van der Waals surface area contributed by atoms with Crippen molar-refractivity contribution >= 4 is 0 Å². The first kappa shape index (κ1) is 16.4. The van der Waals surface area contributed by atoms with Crippen LogP contribution in [0.3, 0.4) is 0 Å². The summed E-state index contributed by atoms with van der Waals surface area (Å²) in [7, 11) is 0. The summed E-state index contributed by atoms with van der Waals surface area (Å²) in [6.45, 7) is 8.63. The van der Waals surface area contributed by atoms with Crippen molar-refractivity contribution in [2.75, 3.05) is 13.1 Å². The van der Waals surface area contributed by atoms with Gasteiger partial charge >= 0.3 is 0 Å². The van der Waals surface area contributed by atoms with E-state index < -0.39 is 0 Å². The van der Waals surface area contributed by atoms with E-state index in [2.05, 4.69) is 18.7 Å². The molecule has 2 N–H and O–H groups in total. The van der Waals surface area contributed by atoms with Gasteiger partial charge in [0.2, 0.25) is 0 Å². The molecule has 3 heteroatoms. The number of nitrogens with two attached hydrogens (primary N) is 1. The second-order valence-electron chi connectivity index (χ2n) is 6.80. The Morgan fingerprint density at radius 2 is 1.86 bits per heavy atom. The Hall–Kier alpha value is -0.930. The summed E-state index contributed by atoms with van der Waals surface area (Å²) in [6, 6.07) is 6.99. The lowest BCUT2D eigenvalue weighted by Crippen LogP contribution is -2.40. The molecule has 1 heterocycles. The van der Waals surface area contributed by atoms with E-state index in [4.69, 9.17) is 5.73 Å². The predicted octanol–water partition coefficient (Wildman–Crippen LogP) is 3.97. The summed E-state index contributed by atoms with van der Waals surface area (Å²) in [4.78, 5) is 2.39. The first-order chi connectivity index (χ1) is 10.0. The zero-order valence-electron chi connectivity index (χ0n) is 13.6. The van der Waals surface area contributed by atoms with Crippen LogP contribution in [-0.2, 0) is 0 Å². The molecule has 0 bridgehead atoms. The fourth-order valence-corrected chi connectivity index (χ4v) is 3.62. The third-order valence-electron chi connectivity index (χ3n) is 4.87. The molecule has 1 saturated heterocycles. The highest BCUT2D eigenvalue weighted by atomic mass is 19.1. The average Bonchev–Trinajstić information content (AvgIpc) is 2.67. The summed E-state index contributed by atoms with van der Waals surface area (Å²) < 4.78 is 14.2. The van der Waals surface area contributed by atoms with Crippen LogP contribution in [0.5, 0.6) is 0 Å². The number of rotatable bonds is 4. The molecule has 0 saturated carbocycles. The second-order valence-corrected chi connectivity index (χ2v) is 6.80. The Balaban J connectivity index is 2.18. The zero-order valence-corrected chi connectivity index (χ0v) is 13.6. The van der Waals surface area contributed by atoms with Crippen LogP contribution in [0.25, 0.3) is 0 Å². The lowest BCUT2D eigenvalue weighted by Gasteiger charge is -2.34. The molecular weight excluding hydrogens is 263 g/mol. The quantitative estimate of drug-likeness (QED) is 0.909. The Morgan fingerprint density at radius 3 is 2.48 bits per heavy atom. The molecule has 3 atom stereocenters. The topological polar surface area (TPSA) is 29.3 Å². The number of benzene rings is 1. The van der Waals surface area contributed by atoms with Gasteiger partial charge in [-0.3, -0.25) is 4.90 Å². The van der Waals surface area contributed by atoms with Gasteiger partial charge in [-0.2, -0.15) is 0 Å². The lowest BCUT2D eigenvalue weighted by atomic mass is 9.89. The van der Waals surface area contributed by atoms with Gasteiger partial charge < -0.3 is 5.73 Å². The first-order valence-electron chi connectivity index (χ1n) is 8.24. The molecule has 118 valence electrons. The van der Waals surface area contributed by atoms with Gasteiger partial charge in [-0.05, 0) is 57.2 Å². The fourth-order valence-electron chi connectivity index (χ4n) is 3.62. The molecule has 0 spiro atoms. The molecule has 1 aliphatic heterocycles. The molecule has 2 rings (SSSR count). The van der Waals surface area contributed by atoms with Crippen LogP contribution in [0.2, 0.25) is 0 Å². The monoisotopic (exact) mass is 292 g/mol. The van der Waals surface area contributed by atoms with Crippen molar-refractivity contribution in [1.29, 1.82) is 0 Å². The van der Waals surface area contributed by atoms with Crippen LogP contribution >= 0.6 is 0 Å². The van der Waals surface area contributed by atoms with Gasteiger partial charge in [0.15, 0.2) is 0 Å². The van der Waals surface area contributed by atoms with Crippen molar-refractivity contribution in [3.05, 3.63) is 35.6 Å². The third kappa shape index (κ3) is 4.04. The summed E-state index contributed by atoms with van der Waals surface area (Å²) in [5, 5.41) is 0. The van der Waals surface area contributed by atoms with Crippen LogP contribution in [-0.4, -0.2) is 24.0 Å². The molecule has 1 fully saturated rings. The summed E-state index contributed by atoms with van der Waals surface area (Å²) in [5.74, 6) is 1.38. The van der Waals surface area contributed by atoms with Crippen LogP contribution in [0.1, 0.15) is 51.6 Å². The Morgan fingerprint density at radius 1 is 1.14 bits per heavy atom. The third-order valence-corrected chi connectivity index (χ3v) is 4.87. The van der Waals surface area contributed by atoms with Gasteiger partial charge in [0.25, 0.3) is 0 Å². The minimum atomic E-state index is -0.135. The highest BCUT2D eigenvalue weighted by molar-refractivity contribution is 5.22. The predicted molar refractivity (Wildman–Crippen MR) is 86.5 cm³/mol. The van der Waals surface area contributed by atoms with E-state index in [1.807, 2.05) is 19.1 Å². The second kappa shape index (κ2) is 7.37. The van der Waals surface area contributed by atoms with Crippen LogP contribution in [0.4, 0.5) is 4.39 Å². The number of halogens is 1. The van der Waals surface area contributed by atoms with Gasteiger partial charge in [-0.15, -0.1) is 0 Å². The lowest BCUT2D eigenvalue weighted by molar-refractivity contribution is 0.175. The van der Waals surface area contributed by atoms with Crippen molar-refractivity contribution in [2.45, 2.75) is 52.1 Å². The maximum absolute atomic E-state index is 14.2. The summed E-state index contributed by atoms with van der Waals surface area (Å²) in [6.07, 6.45) is 3.65. The highest BCUT2D eigenvalue weighted by Crippen LogP contribution is 2.31. The zero-order chi connectivity index (χ0) is 15.4. The van der Waals surface area contributed by atoms with E-state index in [0.29, 0.717) is 0 Å². The first-order valence-corrected chi connectivity index (χ1v) is 8.24. The largest absolute Gasteiger partial charge is 0.326 e. The molecule has 2 nitrogen and oxygen atoms in total. The minimum Gasteiger partial charge on any atom is -0.326 e. The van der Waals surface area contributed by atoms with Crippen molar-refractivity contribution in [3.8, 4) is 0 Å². The Labute approximate surface area is 128 Å². The van der Waals surface area contributed by atoms with Crippen molar-refractivity contribution in [2.24, 2.45) is 17.6 Å². The molecule has 0 amide bonds. The number of hydrogen-bond donors (Lipinski definition) is 1. The molecular formula is C18H29FN2. The molecule has 3 unspecified atom stereocenters. The van der Waals surface area contributed by atoms with Crippen LogP contribution in [0, 0.1) is 17.7 Å². The summed E-state index contributed by atoms with van der Waals surface area (Å²) in [5.41, 5.74) is 6.95. The minimum absolute atomic E-state index is 0.0166. The number of hydrogen-bond acceptors (Lipinski definition) is 2. The SMILES string of the molecule is CC(C)C1CCCN(C(c2ccccc2F)C(C)N)CC1. The fraction of sp³-hybridized carbons (Fsp3) is 0.667. The Kier molecular flexibility index (Phi) is 5.77. The smallest absolute Gasteiger partial charge is 0.128 e. The molecule has 0 radical (unpaired) electrons. The van der Waals surface area contributed by atoms with Crippen molar-refractivity contribution in [1.82, 2.24) is 4.90 Å². The van der Waals surface area contributed by atoms with Gasteiger partial charge in [0, 0.05) is 11.6 Å². The average molecular weight is 292 g/mol. The van der Waals surface area contributed by atoms with Crippen LogP contribution < -0.4 is 5.73 Å². The summed E-state index contributed by atoms with van der Waals surface area (Å²) >= 11 is 0.